The molecular formula is C22H21NO. The first-order valence-electron chi connectivity index (χ1n) is 8.10. The van der Waals surface area contributed by atoms with E-state index < -0.39 is 0 Å². The standard InChI is InChI=1S/C22H21NO/c1-16-9-11-19(12-10-16)22(24)14-13-20-15-17(2)23(18(20)3)21-7-5-4-6-8-21/h4-15H,1-3H3/b14-13+. The van der Waals surface area contributed by atoms with E-state index in [4.69, 9.17) is 0 Å². The van der Waals surface area contributed by atoms with Crippen molar-refractivity contribution in [2.45, 2.75) is 20.8 Å². The number of carbonyl (C=O) groups is 1. The molecule has 24 heavy (non-hydrogen) atoms. The Hall–Kier alpha value is -2.87. The monoisotopic (exact) mass is 315 g/mol. The number of aromatic nitrogens is 1. The Morgan fingerprint density at radius 2 is 1.58 bits per heavy atom. The first-order valence-corrected chi connectivity index (χ1v) is 8.10. The van der Waals surface area contributed by atoms with Crippen molar-refractivity contribution >= 4 is 11.9 Å². The molecule has 1 aromatic heterocycles. The molecule has 2 nitrogen and oxygen atoms in total. The largest absolute Gasteiger partial charge is 0.318 e. The molecule has 120 valence electrons. The maximum Gasteiger partial charge on any atom is 0.185 e. The Morgan fingerprint density at radius 1 is 0.917 bits per heavy atom. The van der Waals surface area contributed by atoms with E-state index in [1.807, 2.05) is 55.5 Å². The minimum Gasteiger partial charge on any atom is -0.318 e. The number of rotatable bonds is 4. The van der Waals surface area contributed by atoms with E-state index in [1.54, 1.807) is 6.08 Å². The second-order valence-corrected chi connectivity index (χ2v) is 6.06. The fraction of sp³-hybridized carbons (Fsp3) is 0.136. The van der Waals surface area contributed by atoms with Crippen molar-refractivity contribution in [1.29, 1.82) is 0 Å². The van der Waals surface area contributed by atoms with Crippen LogP contribution in [0.25, 0.3) is 11.8 Å². The number of allylic oxidation sites excluding steroid dienone is 1. The van der Waals surface area contributed by atoms with Gasteiger partial charge in [-0.05, 0) is 56.7 Å². The highest BCUT2D eigenvalue weighted by Gasteiger charge is 2.09. The summed E-state index contributed by atoms with van der Waals surface area (Å²) in [6.45, 7) is 6.18. The van der Waals surface area contributed by atoms with Gasteiger partial charge in [0.2, 0.25) is 0 Å². The Bertz CT molecular complexity index is 884. The number of nitrogens with zero attached hydrogens (tertiary/aromatic N) is 1. The van der Waals surface area contributed by atoms with Crippen molar-refractivity contribution in [3.8, 4) is 5.69 Å². The Balaban J connectivity index is 1.88. The van der Waals surface area contributed by atoms with Crippen LogP contribution in [0.4, 0.5) is 0 Å². The van der Waals surface area contributed by atoms with E-state index in [0.717, 1.165) is 28.2 Å². The maximum absolute atomic E-state index is 12.3. The van der Waals surface area contributed by atoms with Crippen LogP contribution in [0, 0.1) is 20.8 Å². The Labute approximate surface area is 143 Å². The number of hydrogen-bond donors (Lipinski definition) is 0. The second kappa shape index (κ2) is 6.71. The number of aryl methyl sites for hydroxylation is 2. The van der Waals surface area contributed by atoms with Crippen LogP contribution in [-0.2, 0) is 0 Å². The summed E-state index contributed by atoms with van der Waals surface area (Å²) in [5.74, 6) is 0.0273. The second-order valence-electron chi connectivity index (χ2n) is 6.06. The minimum atomic E-state index is 0.0273. The van der Waals surface area contributed by atoms with E-state index in [-0.39, 0.29) is 5.78 Å². The summed E-state index contributed by atoms with van der Waals surface area (Å²) in [4.78, 5) is 12.3. The molecule has 0 aliphatic heterocycles. The number of para-hydroxylation sites is 1. The van der Waals surface area contributed by atoms with Gasteiger partial charge in [-0.1, -0.05) is 48.0 Å². The molecule has 0 aliphatic rings. The zero-order chi connectivity index (χ0) is 17.1. The molecule has 0 N–H and O–H groups in total. The van der Waals surface area contributed by atoms with Crippen LogP contribution in [0.2, 0.25) is 0 Å². The van der Waals surface area contributed by atoms with Gasteiger partial charge in [0.1, 0.15) is 0 Å². The van der Waals surface area contributed by atoms with Gasteiger partial charge in [-0.15, -0.1) is 0 Å². The van der Waals surface area contributed by atoms with Crippen molar-refractivity contribution in [3.05, 3.63) is 94.8 Å². The van der Waals surface area contributed by atoms with E-state index in [9.17, 15) is 4.79 Å². The smallest absolute Gasteiger partial charge is 0.185 e. The van der Waals surface area contributed by atoms with Crippen molar-refractivity contribution in [3.63, 3.8) is 0 Å². The lowest BCUT2D eigenvalue weighted by molar-refractivity contribution is 0.104. The fourth-order valence-corrected chi connectivity index (χ4v) is 2.91. The quantitative estimate of drug-likeness (QED) is 0.473. The van der Waals surface area contributed by atoms with Crippen LogP contribution >= 0.6 is 0 Å². The van der Waals surface area contributed by atoms with Gasteiger partial charge in [-0.25, -0.2) is 0 Å². The average molecular weight is 315 g/mol. The predicted octanol–water partition coefficient (Wildman–Crippen LogP) is 5.30. The average Bonchev–Trinajstić information content (AvgIpc) is 2.88. The first-order chi connectivity index (χ1) is 11.6. The molecule has 0 spiro atoms. The van der Waals surface area contributed by atoms with Crippen molar-refractivity contribution in [1.82, 2.24) is 4.57 Å². The highest BCUT2D eigenvalue weighted by Crippen LogP contribution is 2.22. The van der Waals surface area contributed by atoms with Crippen molar-refractivity contribution in [2.75, 3.05) is 0 Å². The topological polar surface area (TPSA) is 22.0 Å². The highest BCUT2D eigenvalue weighted by molar-refractivity contribution is 6.06. The molecule has 0 saturated carbocycles. The number of carbonyl (C=O) groups excluding carboxylic acids is 1. The molecule has 0 amide bonds. The lowest BCUT2D eigenvalue weighted by Crippen LogP contribution is -1.98. The van der Waals surface area contributed by atoms with E-state index in [2.05, 4.69) is 36.6 Å². The van der Waals surface area contributed by atoms with Gasteiger partial charge in [0.05, 0.1) is 0 Å². The summed E-state index contributed by atoms with van der Waals surface area (Å²) >= 11 is 0. The highest BCUT2D eigenvalue weighted by atomic mass is 16.1. The van der Waals surface area contributed by atoms with Gasteiger partial charge in [0.15, 0.2) is 5.78 Å². The van der Waals surface area contributed by atoms with Gasteiger partial charge in [0.25, 0.3) is 0 Å². The summed E-state index contributed by atoms with van der Waals surface area (Å²) in [6.07, 6.45) is 3.56. The van der Waals surface area contributed by atoms with Gasteiger partial charge in [-0.2, -0.15) is 0 Å². The van der Waals surface area contributed by atoms with Gasteiger partial charge >= 0.3 is 0 Å². The molecule has 0 saturated heterocycles. The minimum absolute atomic E-state index is 0.0273. The zero-order valence-electron chi connectivity index (χ0n) is 14.3. The summed E-state index contributed by atoms with van der Waals surface area (Å²) < 4.78 is 2.20. The van der Waals surface area contributed by atoms with Crippen molar-refractivity contribution < 1.29 is 4.79 Å². The van der Waals surface area contributed by atoms with Gasteiger partial charge < -0.3 is 4.57 Å². The summed E-state index contributed by atoms with van der Waals surface area (Å²) in [6, 6.07) is 20.0. The fourth-order valence-electron chi connectivity index (χ4n) is 2.91. The molecular weight excluding hydrogens is 294 g/mol. The molecule has 2 heteroatoms. The molecule has 0 atom stereocenters. The molecule has 0 fully saturated rings. The third-order valence-electron chi connectivity index (χ3n) is 4.24. The van der Waals surface area contributed by atoms with Crippen LogP contribution in [0.5, 0.6) is 0 Å². The van der Waals surface area contributed by atoms with Crippen LogP contribution in [0.3, 0.4) is 0 Å². The van der Waals surface area contributed by atoms with E-state index in [1.165, 1.54) is 0 Å². The number of benzene rings is 2. The number of ketones is 1. The normalized spacial score (nSPS) is 11.1. The third kappa shape index (κ3) is 3.23. The van der Waals surface area contributed by atoms with Crippen LogP contribution < -0.4 is 0 Å². The molecule has 0 unspecified atom stereocenters. The molecule has 1 heterocycles. The molecule has 2 aromatic carbocycles. The van der Waals surface area contributed by atoms with E-state index >= 15 is 0 Å². The van der Waals surface area contributed by atoms with Crippen molar-refractivity contribution in [2.24, 2.45) is 0 Å². The van der Waals surface area contributed by atoms with Gasteiger partial charge in [-0.3, -0.25) is 4.79 Å². The number of hydrogen-bond acceptors (Lipinski definition) is 1. The Morgan fingerprint density at radius 3 is 2.25 bits per heavy atom. The van der Waals surface area contributed by atoms with E-state index in [0.29, 0.717) is 5.56 Å². The van der Waals surface area contributed by atoms with Crippen LogP contribution in [0.15, 0.2) is 66.7 Å². The summed E-state index contributed by atoms with van der Waals surface area (Å²) in [7, 11) is 0. The lowest BCUT2D eigenvalue weighted by atomic mass is 10.1. The molecule has 3 rings (SSSR count). The van der Waals surface area contributed by atoms with Crippen LogP contribution in [-0.4, -0.2) is 10.4 Å². The zero-order valence-corrected chi connectivity index (χ0v) is 14.3. The molecule has 3 aromatic rings. The summed E-state index contributed by atoms with van der Waals surface area (Å²) in [5.41, 5.74) is 6.36. The summed E-state index contributed by atoms with van der Waals surface area (Å²) in [5, 5.41) is 0. The van der Waals surface area contributed by atoms with Gasteiger partial charge in [0, 0.05) is 22.6 Å². The molecule has 0 aliphatic carbocycles. The van der Waals surface area contributed by atoms with Crippen LogP contribution in [0.1, 0.15) is 32.9 Å². The molecule has 0 bridgehead atoms. The maximum atomic E-state index is 12.3. The predicted molar refractivity (Wildman–Crippen MR) is 99.8 cm³/mol. The third-order valence-corrected chi connectivity index (χ3v) is 4.24. The SMILES string of the molecule is Cc1ccc(C(=O)/C=C/c2cc(C)n(-c3ccccc3)c2C)cc1. The molecule has 0 radical (unpaired) electrons. The first kappa shape index (κ1) is 16.0. The Kier molecular flexibility index (Phi) is 4.48. The lowest BCUT2D eigenvalue weighted by Gasteiger charge is -2.09.